The molecule has 0 aliphatic heterocycles. The van der Waals surface area contributed by atoms with Gasteiger partial charge in [-0.1, -0.05) is 64.1 Å². The number of hydrogen-bond donors (Lipinski definition) is 0. The summed E-state index contributed by atoms with van der Waals surface area (Å²) < 4.78 is 0. The Morgan fingerprint density at radius 2 is 1.34 bits per heavy atom. The maximum absolute atomic E-state index is 4.47. The van der Waals surface area contributed by atoms with Crippen molar-refractivity contribution in [1.29, 1.82) is 0 Å². The zero-order valence-electron chi connectivity index (χ0n) is 21.7. The fraction of sp³-hybridized carbons (Fsp3) is 0.310. The molecule has 2 aromatic heterocycles. The zero-order valence-corrected chi connectivity index (χ0v) is 26.1. The van der Waals surface area contributed by atoms with E-state index in [-0.39, 0.29) is 22.5 Å². The molecule has 2 heterocycles. The van der Waals surface area contributed by atoms with Crippen LogP contribution in [-0.4, -0.2) is 18.0 Å². The molecular weight excluding hydrogens is 522 g/mol. The van der Waals surface area contributed by atoms with Crippen LogP contribution in [0, 0.1) is 0 Å². The summed E-state index contributed by atoms with van der Waals surface area (Å²) in [4.78, 5) is 8.95. The molecule has 6 heteroatoms. The molecular formula is C29H38FeN2P2Si-6. The quantitative estimate of drug-likeness (QED) is 0.150. The van der Waals surface area contributed by atoms with Gasteiger partial charge in [0, 0.05) is 47.0 Å². The van der Waals surface area contributed by atoms with Gasteiger partial charge in [0.05, 0.1) is 8.07 Å². The summed E-state index contributed by atoms with van der Waals surface area (Å²) in [6.07, 6.45) is 8.62. The number of rotatable bonds is 5. The van der Waals surface area contributed by atoms with Crippen LogP contribution in [-0.2, 0) is 33.8 Å². The van der Waals surface area contributed by atoms with Gasteiger partial charge in [-0.15, -0.1) is 29.6 Å². The number of nitrogens with zero attached hydrogens (tertiary/aromatic N) is 2. The van der Waals surface area contributed by atoms with Crippen molar-refractivity contribution in [2.75, 3.05) is 0 Å². The summed E-state index contributed by atoms with van der Waals surface area (Å²) >= 11 is 0. The molecule has 0 radical (unpaired) electrons. The van der Waals surface area contributed by atoms with Crippen LogP contribution < -0.4 is 5.19 Å². The van der Waals surface area contributed by atoms with Crippen molar-refractivity contribution >= 4 is 31.7 Å². The predicted octanol–water partition coefficient (Wildman–Crippen LogP) is 6.98. The van der Waals surface area contributed by atoms with Gasteiger partial charge in [-0.05, 0) is 23.3 Å². The molecule has 0 N–H and O–H groups in total. The Morgan fingerprint density at radius 3 is 1.66 bits per heavy atom. The van der Waals surface area contributed by atoms with Crippen molar-refractivity contribution in [2.45, 2.75) is 57.1 Å². The van der Waals surface area contributed by atoms with E-state index in [0.29, 0.717) is 0 Å². The van der Waals surface area contributed by atoms with Gasteiger partial charge in [-0.3, -0.25) is 9.97 Å². The molecule has 4 aromatic rings. The van der Waals surface area contributed by atoms with E-state index >= 15 is 0 Å². The molecule has 192 valence electrons. The predicted molar refractivity (Wildman–Crippen MR) is 157 cm³/mol. The van der Waals surface area contributed by atoms with E-state index in [2.05, 4.69) is 87.1 Å². The van der Waals surface area contributed by atoms with E-state index in [1.165, 1.54) is 27.8 Å². The molecule has 2 nitrogen and oxygen atoms in total. The van der Waals surface area contributed by atoms with E-state index in [0.717, 1.165) is 6.16 Å². The smallest absolute Gasteiger partial charge is 0.0507 e. The number of aromatic nitrogens is 2. The Kier molecular flexibility index (Phi) is 10.4. The minimum atomic E-state index is -1.54. The Morgan fingerprint density at radius 1 is 0.886 bits per heavy atom. The van der Waals surface area contributed by atoms with Gasteiger partial charge >= 0.3 is 0 Å². The van der Waals surface area contributed by atoms with Gasteiger partial charge in [0.1, 0.15) is 0 Å². The molecule has 0 aliphatic rings. The second kappa shape index (κ2) is 12.2. The molecule has 0 bridgehead atoms. The summed E-state index contributed by atoms with van der Waals surface area (Å²) in [5.74, 6) is 0. The molecule has 2 atom stereocenters. The monoisotopic (exact) mass is 560 g/mol. The van der Waals surface area contributed by atoms with Crippen LogP contribution in [0.4, 0.5) is 0 Å². The maximum Gasteiger partial charge on any atom is 0.0507 e. The van der Waals surface area contributed by atoms with Crippen molar-refractivity contribution in [2.24, 2.45) is 0 Å². The van der Waals surface area contributed by atoms with Crippen molar-refractivity contribution in [3.8, 4) is 0 Å². The van der Waals surface area contributed by atoms with Crippen LogP contribution >= 0.6 is 18.5 Å². The summed E-state index contributed by atoms with van der Waals surface area (Å²) in [6.45, 7) is 14.4. The summed E-state index contributed by atoms with van der Waals surface area (Å²) in [6, 6.07) is 20.9. The normalized spacial score (nSPS) is 11.9. The van der Waals surface area contributed by atoms with Crippen molar-refractivity contribution in [3.63, 3.8) is 0 Å². The molecule has 0 saturated carbocycles. The largest absolute Gasteiger partial charge is 0.748 e. The first-order valence-electron chi connectivity index (χ1n) is 11.8. The van der Waals surface area contributed by atoms with Crippen molar-refractivity contribution in [1.82, 2.24) is 9.97 Å². The first-order chi connectivity index (χ1) is 16.0. The Bertz CT molecular complexity index is 1100. The third-order valence-corrected chi connectivity index (χ3v) is 9.53. The summed E-state index contributed by atoms with van der Waals surface area (Å²) in [5, 5.41) is 1.17. The molecule has 35 heavy (non-hydrogen) atoms. The first-order valence-corrected chi connectivity index (χ1v) is 16.7. The van der Waals surface area contributed by atoms with Crippen LogP contribution in [0.3, 0.4) is 0 Å². The molecule has 0 spiro atoms. The number of hydrogen-bond acceptors (Lipinski definition) is 2. The van der Waals surface area contributed by atoms with Gasteiger partial charge in [-0.2, -0.15) is 10.8 Å². The Labute approximate surface area is 228 Å². The van der Waals surface area contributed by atoms with Crippen molar-refractivity contribution in [3.05, 3.63) is 113 Å². The SMILES string of the molecule is CC(C)(C)[c-]1c([Si](C)(C)C)cc(CP)c1C(P)(c1cccnc1)c1cccnc1.[Fe].[cH-]1[cH-][cH-][cH-][cH-]1. The third-order valence-electron chi connectivity index (χ3n) is 6.12. The molecule has 2 aromatic carbocycles. The van der Waals surface area contributed by atoms with Crippen LogP contribution in [0.25, 0.3) is 0 Å². The van der Waals surface area contributed by atoms with Gasteiger partial charge < -0.3 is 30.3 Å². The Hall–Kier alpha value is -1.40. The molecule has 4 rings (SSSR count). The fourth-order valence-electron chi connectivity index (χ4n) is 4.56. The van der Waals surface area contributed by atoms with Crippen LogP contribution in [0.1, 0.15) is 48.6 Å². The topological polar surface area (TPSA) is 25.8 Å². The second-order valence-electron chi connectivity index (χ2n) is 10.8. The zero-order chi connectivity index (χ0) is 25.0. The average Bonchev–Trinajstić information content (AvgIpc) is 3.51. The molecule has 0 aliphatic carbocycles. The second-order valence-corrected chi connectivity index (χ2v) is 17.1. The van der Waals surface area contributed by atoms with Crippen molar-refractivity contribution < 1.29 is 17.1 Å². The minimum absolute atomic E-state index is 0. The third kappa shape index (κ3) is 6.68. The minimum Gasteiger partial charge on any atom is -0.748 e. The van der Waals surface area contributed by atoms with Gasteiger partial charge in [0.15, 0.2) is 0 Å². The van der Waals surface area contributed by atoms with Gasteiger partial charge in [-0.25, -0.2) is 6.07 Å². The maximum atomic E-state index is 4.47. The van der Waals surface area contributed by atoms with E-state index in [9.17, 15) is 0 Å². The summed E-state index contributed by atoms with van der Waals surface area (Å²) in [5.41, 5.74) is 6.70. The molecule has 0 fully saturated rings. The van der Waals surface area contributed by atoms with Gasteiger partial charge in [0.2, 0.25) is 0 Å². The summed E-state index contributed by atoms with van der Waals surface area (Å²) in [7, 11) is 4.60. The number of pyridine rings is 2. The standard InChI is InChI=1S/C24H33N2P2Si.C5H5.Fe/c1-23(2,3)22-20(29(4,5)6)13-17(16-27)21(22)24(28,18-9-7-11-25-14-18)19-10-8-12-26-15-19;1-2-4-5-3-1;/h7-15H,16,27-28H2,1-6H3;1-5H;/q-1;-5;. The Balaban J connectivity index is 0.000000640. The first kappa shape index (κ1) is 29.8. The van der Waals surface area contributed by atoms with Crippen LogP contribution in [0.2, 0.25) is 19.6 Å². The average molecular weight is 561 g/mol. The van der Waals surface area contributed by atoms with Gasteiger partial charge in [0.25, 0.3) is 0 Å². The fourth-order valence-corrected chi connectivity index (χ4v) is 7.41. The van der Waals surface area contributed by atoms with E-state index in [1.54, 1.807) is 5.19 Å². The van der Waals surface area contributed by atoms with Crippen LogP contribution in [0.5, 0.6) is 0 Å². The van der Waals surface area contributed by atoms with E-state index in [1.807, 2.05) is 67.3 Å². The van der Waals surface area contributed by atoms with E-state index < -0.39 is 13.2 Å². The molecule has 0 saturated heterocycles. The van der Waals surface area contributed by atoms with Crippen LogP contribution in [0.15, 0.2) is 85.5 Å². The molecule has 0 amide bonds. The van der Waals surface area contributed by atoms with E-state index in [4.69, 9.17) is 0 Å². The molecule has 2 unspecified atom stereocenters.